The van der Waals surface area contributed by atoms with Gasteiger partial charge < -0.3 is 5.32 Å². The standard InChI is InChI=1S/C28H33FN4O3S2/c1-27(2)12-13-28(20-33(27)38(35,36)23-6-4-3-5-7-23)14-16-32(17-15-28)18-25(34)31-26-30-24(19-37-26)21-8-10-22(29)11-9-21/h3-11,19H,12-18,20H2,1-2H3,(H,30,31,34). The van der Waals surface area contributed by atoms with Crippen LogP contribution in [0.25, 0.3) is 11.3 Å². The minimum Gasteiger partial charge on any atom is -0.301 e. The Kier molecular flexibility index (Phi) is 7.43. The molecule has 1 N–H and O–H groups in total. The highest BCUT2D eigenvalue weighted by Gasteiger charge is 2.49. The molecule has 1 spiro atoms. The topological polar surface area (TPSA) is 82.6 Å². The number of halogens is 1. The number of thiazole rings is 1. The van der Waals surface area contributed by atoms with Crippen molar-refractivity contribution in [2.24, 2.45) is 5.41 Å². The number of carbonyl (C=O) groups excluding carboxylic acids is 1. The number of hydrogen-bond donors (Lipinski definition) is 1. The number of piperidine rings is 2. The van der Waals surface area contributed by atoms with Gasteiger partial charge in [0, 0.05) is 23.0 Å². The van der Waals surface area contributed by atoms with Crippen molar-refractivity contribution in [3.63, 3.8) is 0 Å². The van der Waals surface area contributed by atoms with E-state index in [9.17, 15) is 17.6 Å². The zero-order valence-electron chi connectivity index (χ0n) is 21.7. The number of nitrogens with zero attached hydrogens (tertiary/aromatic N) is 3. The van der Waals surface area contributed by atoms with Crippen LogP contribution in [0.5, 0.6) is 0 Å². The molecule has 0 aliphatic carbocycles. The minimum atomic E-state index is -3.60. The normalized spacial score (nSPS) is 19.9. The Morgan fingerprint density at radius 1 is 1.03 bits per heavy atom. The molecule has 2 fully saturated rings. The predicted molar refractivity (Wildman–Crippen MR) is 148 cm³/mol. The van der Waals surface area contributed by atoms with Gasteiger partial charge in [0.15, 0.2) is 5.13 Å². The summed E-state index contributed by atoms with van der Waals surface area (Å²) in [6.07, 6.45) is 3.48. The van der Waals surface area contributed by atoms with Gasteiger partial charge in [-0.15, -0.1) is 11.3 Å². The molecule has 5 rings (SSSR count). The summed E-state index contributed by atoms with van der Waals surface area (Å²) in [4.78, 5) is 19.7. The number of hydrogen-bond acceptors (Lipinski definition) is 6. The molecule has 0 bridgehead atoms. The van der Waals surface area contributed by atoms with Crippen molar-refractivity contribution in [3.05, 3.63) is 65.8 Å². The second-order valence-corrected chi connectivity index (χ2v) is 13.7. The number of benzene rings is 2. The summed E-state index contributed by atoms with van der Waals surface area (Å²) in [6.45, 7) is 6.28. The highest BCUT2D eigenvalue weighted by Crippen LogP contribution is 2.46. The zero-order chi connectivity index (χ0) is 27.0. The quantitative estimate of drug-likeness (QED) is 0.450. The summed E-state index contributed by atoms with van der Waals surface area (Å²) >= 11 is 1.34. The predicted octanol–water partition coefficient (Wildman–Crippen LogP) is 5.23. The van der Waals surface area contributed by atoms with E-state index >= 15 is 0 Å². The van der Waals surface area contributed by atoms with Crippen molar-refractivity contribution in [1.29, 1.82) is 0 Å². The lowest BCUT2D eigenvalue weighted by atomic mass is 9.69. The molecule has 202 valence electrons. The van der Waals surface area contributed by atoms with Crippen molar-refractivity contribution in [2.75, 3.05) is 31.5 Å². The van der Waals surface area contributed by atoms with Crippen LogP contribution in [-0.4, -0.2) is 60.2 Å². The van der Waals surface area contributed by atoms with E-state index in [1.165, 1.54) is 23.5 Å². The number of carbonyl (C=O) groups is 1. The Balaban J connectivity index is 1.18. The number of rotatable bonds is 6. The molecule has 38 heavy (non-hydrogen) atoms. The van der Waals surface area contributed by atoms with Crippen LogP contribution < -0.4 is 5.32 Å². The summed E-state index contributed by atoms with van der Waals surface area (Å²) < 4.78 is 42.0. The van der Waals surface area contributed by atoms with Crippen LogP contribution in [-0.2, 0) is 14.8 Å². The van der Waals surface area contributed by atoms with E-state index < -0.39 is 15.6 Å². The first-order valence-electron chi connectivity index (χ1n) is 12.9. The van der Waals surface area contributed by atoms with E-state index in [1.807, 2.05) is 25.3 Å². The Labute approximate surface area is 227 Å². The Morgan fingerprint density at radius 2 is 1.71 bits per heavy atom. The fourth-order valence-electron chi connectivity index (χ4n) is 5.46. The van der Waals surface area contributed by atoms with Crippen LogP contribution in [0.3, 0.4) is 0 Å². The molecular formula is C28H33FN4O3S2. The van der Waals surface area contributed by atoms with Crippen LogP contribution in [0.4, 0.5) is 9.52 Å². The summed E-state index contributed by atoms with van der Waals surface area (Å²) in [5.74, 6) is -0.428. The maximum absolute atomic E-state index is 13.6. The van der Waals surface area contributed by atoms with Crippen molar-refractivity contribution in [2.45, 2.75) is 50.0 Å². The SMILES string of the molecule is CC1(C)CCC2(CCN(CC(=O)Nc3nc(-c4ccc(F)cc4)cs3)CC2)CN1S(=O)(=O)c1ccccc1. The van der Waals surface area contributed by atoms with Gasteiger partial charge in [0.25, 0.3) is 0 Å². The van der Waals surface area contributed by atoms with Gasteiger partial charge >= 0.3 is 0 Å². The average molecular weight is 557 g/mol. The Morgan fingerprint density at radius 3 is 2.39 bits per heavy atom. The molecule has 2 aromatic carbocycles. The first kappa shape index (κ1) is 26.9. The molecule has 1 aromatic heterocycles. The summed E-state index contributed by atoms with van der Waals surface area (Å²) in [5.41, 5.74) is 0.963. The lowest BCUT2D eigenvalue weighted by Crippen LogP contribution is -2.59. The van der Waals surface area contributed by atoms with E-state index in [-0.39, 0.29) is 23.7 Å². The number of sulfonamides is 1. The van der Waals surface area contributed by atoms with Crippen LogP contribution in [0, 0.1) is 11.2 Å². The van der Waals surface area contributed by atoms with E-state index in [1.54, 1.807) is 40.7 Å². The third-order valence-corrected chi connectivity index (χ3v) is 10.8. The van der Waals surface area contributed by atoms with E-state index in [0.717, 1.165) is 44.3 Å². The summed E-state index contributed by atoms with van der Waals surface area (Å²) in [6, 6.07) is 14.8. The molecule has 0 saturated carbocycles. The van der Waals surface area contributed by atoms with Gasteiger partial charge in [0.2, 0.25) is 15.9 Å². The first-order chi connectivity index (χ1) is 18.1. The molecule has 7 nitrogen and oxygen atoms in total. The fraction of sp³-hybridized carbons (Fsp3) is 0.429. The highest BCUT2D eigenvalue weighted by atomic mass is 32.2. The maximum atomic E-state index is 13.6. The number of anilines is 1. The van der Waals surface area contributed by atoms with Crippen LogP contribution in [0.1, 0.15) is 39.5 Å². The molecule has 0 atom stereocenters. The molecule has 0 unspecified atom stereocenters. The molecule has 10 heteroatoms. The molecule has 1 amide bonds. The zero-order valence-corrected chi connectivity index (χ0v) is 23.3. The molecule has 0 radical (unpaired) electrons. The molecule has 2 saturated heterocycles. The van der Waals surface area contributed by atoms with Gasteiger partial charge in [-0.05, 0) is 94.4 Å². The van der Waals surface area contributed by atoms with Crippen molar-refractivity contribution >= 4 is 32.4 Å². The van der Waals surface area contributed by atoms with Gasteiger partial charge in [-0.3, -0.25) is 9.69 Å². The van der Waals surface area contributed by atoms with Crippen LogP contribution in [0.2, 0.25) is 0 Å². The highest BCUT2D eigenvalue weighted by molar-refractivity contribution is 7.89. The monoisotopic (exact) mass is 556 g/mol. The molecule has 2 aliphatic heterocycles. The van der Waals surface area contributed by atoms with Gasteiger partial charge in [-0.2, -0.15) is 4.31 Å². The smallest absolute Gasteiger partial charge is 0.243 e. The summed E-state index contributed by atoms with van der Waals surface area (Å²) in [7, 11) is -3.60. The third kappa shape index (κ3) is 5.68. The number of likely N-dealkylation sites (tertiary alicyclic amines) is 1. The van der Waals surface area contributed by atoms with Crippen LogP contribution >= 0.6 is 11.3 Å². The lowest BCUT2D eigenvalue weighted by molar-refractivity contribution is -0.118. The molecule has 2 aliphatic rings. The second-order valence-electron chi connectivity index (χ2n) is 11.0. The largest absolute Gasteiger partial charge is 0.301 e. The molecular weight excluding hydrogens is 523 g/mol. The average Bonchev–Trinajstić information content (AvgIpc) is 3.36. The van der Waals surface area contributed by atoms with Gasteiger partial charge in [0.05, 0.1) is 17.1 Å². The molecule has 3 heterocycles. The van der Waals surface area contributed by atoms with Gasteiger partial charge in [0.1, 0.15) is 5.82 Å². The first-order valence-corrected chi connectivity index (χ1v) is 15.2. The lowest BCUT2D eigenvalue weighted by Gasteiger charge is -2.53. The van der Waals surface area contributed by atoms with E-state index in [2.05, 4.69) is 15.2 Å². The summed E-state index contributed by atoms with van der Waals surface area (Å²) in [5, 5.41) is 5.24. The van der Waals surface area contributed by atoms with Crippen molar-refractivity contribution in [3.8, 4) is 11.3 Å². The second kappa shape index (κ2) is 10.5. The number of nitrogens with one attached hydrogen (secondary N) is 1. The Bertz CT molecular complexity index is 1380. The maximum Gasteiger partial charge on any atom is 0.243 e. The number of amides is 1. The Hall–Kier alpha value is -2.66. The van der Waals surface area contributed by atoms with Crippen LogP contribution in [0.15, 0.2) is 64.9 Å². The minimum absolute atomic E-state index is 0.0796. The molecule has 3 aromatic rings. The third-order valence-electron chi connectivity index (χ3n) is 7.93. The fourth-order valence-corrected chi connectivity index (χ4v) is 8.14. The van der Waals surface area contributed by atoms with Gasteiger partial charge in [-0.1, -0.05) is 18.2 Å². The number of aromatic nitrogens is 1. The van der Waals surface area contributed by atoms with E-state index in [4.69, 9.17) is 0 Å². The van der Waals surface area contributed by atoms with Crippen molar-refractivity contribution in [1.82, 2.24) is 14.2 Å². The van der Waals surface area contributed by atoms with Crippen molar-refractivity contribution < 1.29 is 17.6 Å². The van der Waals surface area contributed by atoms with Gasteiger partial charge in [-0.25, -0.2) is 17.8 Å². The van der Waals surface area contributed by atoms with E-state index in [0.29, 0.717) is 22.3 Å².